The predicted octanol–water partition coefficient (Wildman–Crippen LogP) is 3.18. The highest BCUT2D eigenvalue weighted by atomic mass is 32.1. The molecule has 1 aromatic rings. The lowest BCUT2D eigenvalue weighted by Gasteiger charge is -2.30. The second-order valence-electron chi connectivity index (χ2n) is 6.48. The van der Waals surface area contributed by atoms with Gasteiger partial charge < -0.3 is 10.6 Å². The van der Waals surface area contributed by atoms with Crippen LogP contribution >= 0.6 is 11.3 Å². The molecule has 0 aliphatic carbocycles. The molecule has 106 valence electrons. The van der Waals surface area contributed by atoms with E-state index in [-0.39, 0.29) is 23.4 Å². The number of amides is 1. The van der Waals surface area contributed by atoms with Gasteiger partial charge in [-0.05, 0) is 40.6 Å². The van der Waals surface area contributed by atoms with Crippen LogP contribution in [0.5, 0.6) is 0 Å². The predicted molar refractivity (Wildman–Crippen MR) is 80.1 cm³/mol. The van der Waals surface area contributed by atoms with Gasteiger partial charge in [-0.25, -0.2) is 0 Å². The number of rotatable bonds is 3. The molecule has 2 rings (SSSR count). The summed E-state index contributed by atoms with van der Waals surface area (Å²) in [5.41, 5.74) is 7.40. The van der Waals surface area contributed by atoms with Crippen molar-refractivity contribution in [2.45, 2.75) is 52.1 Å². The van der Waals surface area contributed by atoms with Crippen molar-refractivity contribution in [3.8, 4) is 0 Å². The van der Waals surface area contributed by atoms with Crippen molar-refractivity contribution in [3.63, 3.8) is 0 Å². The van der Waals surface area contributed by atoms with Crippen LogP contribution in [0.25, 0.3) is 0 Å². The summed E-state index contributed by atoms with van der Waals surface area (Å²) in [6.45, 7) is 7.14. The quantitative estimate of drug-likeness (QED) is 0.924. The van der Waals surface area contributed by atoms with Crippen LogP contribution in [-0.4, -0.2) is 23.4 Å². The maximum atomic E-state index is 12.5. The van der Waals surface area contributed by atoms with Crippen molar-refractivity contribution in [2.24, 2.45) is 11.1 Å². The van der Waals surface area contributed by atoms with E-state index in [2.05, 4.69) is 37.6 Å². The van der Waals surface area contributed by atoms with Crippen LogP contribution in [0, 0.1) is 5.41 Å². The van der Waals surface area contributed by atoms with Gasteiger partial charge in [0.1, 0.15) is 0 Å². The number of carbonyl (C=O) groups is 1. The van der Waals surface area contributed by atoms with Crippen molar-refractivity contribution < 1.29 is 4.79 Å². The molecule has 0 radical (unpaired) electrons. The van der Waals surface area contributed by atoms with E-state index < -0.39 is 0 Å². The van der Waals surface area contributed by atoms with Crippen LogP contribution in [0.3, 0.4) is 0 Å². The average molecular weight is 280 g/mol. The van der Waals surface area contributed by atoms with Gasteiger partial charge in [-0.1, -0.05) is 20.8 Å². The zero-order chi connectivity index (χ0) is 14.0. The van der Waals surface area contributed by atoms with Gasteiger partial charge in [0.25, 0.3) is 0 Å². The van der Waals surface area contributed by atoms with Crippen molar-refractivity contribution in [1.29, 1.82) is 0 Å². The average Bonchev–Trinajstić information content (AvgIpc) is 2.98. The summed E-state index contributed by atoms with van der Waals surface area (Å²) in [7, 11) is 0. The maximum Gasteiger partial charge on any atom is 0.224 e. The second-order valence-corrected chi connectivity index (χ2v) is 7.26. The van der Waals surface area contributed by atoms with E-state index >= 15 is 0 Å². The van der Waals surface area contributed by atoms with Gasteiger partial charge in [0, 0.05) is 19.0 Å². The monoisotopic (exact) mass is 280 g/mol. The van der Waals surface area contributed by atoms with E-state index in [9.17, 15) is 4.79 Å². The molecule has 1 aromatic heterocycles. The minimum atomic E-state index is -0.0799. The minimum Gasteiger partial charge on any atom is -0.336 e. The van der Waals surface area contributed by atoms with E-state index in [0.717, 1.165) is 19.4 Å². The molecule has 2 atom stereocenters. The Balaban J connectivity index is 2.02. The smallest absolute Gasteiger partial charge is 0.224 e. The third-order valence-electron chi connectivity index (χ3n) is 4.01. The Hall–Kier alpha value is -0.870. The minimum absolute atomic E-state index is 0.0206. The van der Waals surface area contributed by atoms with Crippen molar-refractivity contribution in [2.75, 3.05) is 6.54 Å². The van der Waals surface area contributed by atoms with Gasteiger partial charge in [0.15, 0.2) is 0 Å². The topological polar surface area (TPSA) is 46.3 Å². The molecular formula is C15H24N2OS. The van der Waals surface area contributed by atoms with Gasteiger partial charge in [0.2, 0.25) is 5.91 Å². The van der Waals surface area contributed by atoms with Crippen LogP contribution < -0.4 is 5.73 Å². The molecule has 0 aromatic carbocycles. The number of thiophene rings is 1. The highest BCUT2D eigenvalue weighted by molar-refractivity contribution is 7.07. The third-order valence-corrected chi connectivity index (χ3v) is 4.71. The first-order valence-corrected chi connectivity index (χ1v) is 7.91. The number of likely N-dealkylation sites (tertiary alicyclic amines) is 1. The van der Waals surface area contributed by atoms with Gasteiger partial charge in [-0.15, -0.1) is 0 Å². The van der Waals surface area contributed by atoms with E-state index in [4.69, 9.17) is 5.73 Å². The Labute approximate surface area is 119 Å². The molecule has 2 N–H and O–H groups in total. The lowest BCUT2D eigenvalue weighted by molar-refractivity contribution is -0.133. The summed E-state index contributed by atoms with van der Waals surface area (Å²) in [5.74, 6) is 0.205. The van der Waals surface area contributed by atoms with E-state index in [0.29, 0.717) is 6.42 Å². The first-order valence-electron chi connectivity index (χ1n) is 6.96. The number of nitrogens with zero attached hydrogens (tertiary/aromatic N) is 1. The standard InChI is InChI=1S/C15H24N2OS/c1-15(2,3)13(16)9-14(18)17-7-4-5-12(17)11-6-8-19-10-11/h6,8,10,12-13H,4-5,7,9,16H2,1-3H3. The lowest BCUT2D eigenvalue weighted by atomic mass is 9.85. The summed E-state index contributed by atoms with van der Waals surface area (Å²) >= 11 is 1.70. The summed E-state index contributed by atoms with van der Waals surface area (Å²) in [6, 6.07) is 2.32. The van der Waals surface area contributed by atoms with Crippen LogP contribution in [0.2, 0.25) is 0 Å². The molecule has 1 aliphatic rings. The molecule has 0 bridgehead atoms. The number of hydrogen-bond donors (Lipinski definition) is 1. The molecule has 0 spiro atoms. The van der Waals surface area contributed by atoms with E-state index in [1.54, 1.807) is 11.3 Å². The molecule has 19 heavy (non-hydrogen) atoms. The van der Waals surface area contributed by atoms with Crippen LogP contribution in [0.4, 0.5) is 0 Å². The summed E-state index contributed by atoms with van der Waals surface area (Å²) in [6.07, 6.45) is 2.62. The molecule has 2 unspecified atom stereocenters. The maximum absolute atomic E-state index is 12.5. The zero-order valence-corrected chi connectivity index (χ0v) is 12.9. The van der Waals surface area contributed by atoms with Gasteiger partial charge in [-0.2, -0.15) is 11.3 Å². The summed E-state index contributed by atoms with van der Waals surface area (Å²) < 4.78 is 0. The normalized spacial score (nSPS) is 21.7. The fourth-order valence-corrected chi connectivity index (χ4v) is 3.20. The molecule has 0 saturated carbocycles. The SMILES string of the molecule is CC(C)(C)C(N)CC(=O)N1CCCC1c1ccsc1. The van der Waals surface area contributed by atoms with Crippen LogP contribution in [-0.2, 0) is 4.79 Å². The Morgan fingerprint density at radius 3 is 2.89 bits per heavy atom. The zero-order valence-electron chi connectivity index (χ0n) is 12.1. The largest absolute Gasteiger partial charge is 0.336 e. The number of nitrogens with two attached hydrogens (primary N) is 1. The second kappa shape index (κ2) is 5.63. The first-order chi connectivity index (χ1) is 8.89. The lowest BCUT2D eigenvalue weighted by Crippen LogP contribution is -2.41. The van der Waals surface area contributed by atoms with Gasteiger partial charge in [-0.3, -0.25) is 4.79 Å². The molecule has 1 aliphatic heterocycles. The first kappa shape index (κ1) is 14.5. The number of carbonyl (C=O) groups excluding carboxylic acids is 1. The molecule has 4 heteroatoms. The van der Waals surface area contributed by atoms with Crippen molar-refractivity contribution >= 4 is 17.2 Å². The van der Waals surface area contributed by atoms with Gasteiger partial charge >= 0.3 is 0 Å². The van der Waals surface area contributed by atoms with Crippen molar-refractivity contribution in [3.05, 3.63) is 22.4 Å². The van der Waals surface area contributed by atoms with Crippen molar-refractivity contribution in [1.82, 2.24) is 4.90 Å². The Morgan fingerprint density at radius 1 is 1.58 bits per heavy atom. The highest BCUT2D eigenvalue weighted by Crippen LogP contribution is 2.34. The van der Waals surface area contributed by atoms with Crippen LogP contribution in [0.1, 0.15) is 51.6 Å². The van der Waals surface area contributed by atoms with E-state index in [1.807, 2.05) is 4.90 Å². The molecule has 2 heterocycles. The fourth-order valence-electron chi connectivity index (χ4n) is 2.49. The Morgan fingerprint density at radius 2 is 2.32 bits per heavy atom. The molecule has 1 fully saturated rings. The Bertz CT molecular complexity index is 422. The Kier molecular flexibility index (Phi) is 4.31. The molecule has 1 saturated heterocycles. The summed E-state index contributed by atoms with van der Waals surface area (Å²) in [5, 5.41) is 4.23. The summed E-state index contributed by atoms with van der Waals surface area (Å²) in [4.78, 5) is 14.5. The fraction of sp³-hybridized carbons (Fsp3) is 0.667. The van der Waals surface area contributed by atoms with E-state index in [1.165, 1.54) is 5.56 Å². The van der Waals surface area contributed by atoms with Crippen LogP contribution in [0.15, 0.2) is 16.8 Å². The van der Waals surface area contributed by atoms with Gasteiger partial charge in [0.05, 0.1) is 6.04 Å². The third kappa shape index (κ3) is 3.37. The highest BCUT2D eigenvalue weighted by Gasteiger charge is 2.32. The number of hydrogen-bond acceptors (Lipinski definition) is 3. The molecule has 1 amide bonds. The molecule has 3 nitrogen and oxygen atoms in total. The molecular weight excluding hydrogens is 256 g/mol.